The van der Waals surface area contributed by atoms with Crippen molar-refractivity contribution in [2.24, 2.45) is 0 Å². The normalized spacial score (nSPS) is 10.2. The van der Waals surface area contributed by atoms with Crippen molar-refractivity contribution in [3.63, 3.8) is 0 Å². The summed E-state index contributed by atoms with van der Waals surface area (Å²) in [6.07, 6.45) is 1.28. The van der Waals surface area contributed by atoms with Gasteiger partial charge in [0.25, 0.3) is 5.91 Å². The highest BCUT2D eigenvalue weighted by molar-refractivity contribution is 6.35. The van der Waals surface area contributed by atoms with Gasteiger partial charge in [0, 0.05) is 12.3 Å². The van der Waals surface area contributed by atoms with Crippen LogP contribution in [0.4, 0.5) is 10.1 Å². The van der Waals surface area contributed by atoms with Crippen molar-refractivity contribution in [2.75, 3.05) is 12.4 Å². The van der Waals surface area contributed by atoms with Gasteiger partial charge in [0.05, 0.1) is 23.4 Å². The Balaban J connectivity index is 2.30. The average Bonchev–Trinajstić information content (AvgIpc) is 2.43. The summed E-state index contributed by atoms with van der Waals surface area (Å²) < 4.78 is 18.1. The van der Waals surface area contributed by atoms with E-state index < -0.39 is 11.7 Å². The number of anilines is 1. The number of carbonyl (C=O) groups excluding carboxylic acids is 1. The third kappa shape index (κ3) is 3.18. The number of methoxy groups -OCH3 is 1. The van der Waals surface area contributed by atoms with Gasteiger partial charge in [-0.2, -0.15) is 0 Å². The van der Waals surface area contributed by atoms with Crippen molar-refractivity contribution in [1.29, 1.82) is 0 Å². The molecule has 1 aromatic carbocycles. The lowest BCUT2D eigenvalue weighted by Crippen LogP contribution is -2.13. The predicted molar refractivity (Wildman–Crippen MR) is 75.2 cm³/mol. The molecule has 0 aliphatic heterocycles. The van der Waals surface area contributed by atoms with E-state index in [-0.39, 0.29) is 21.5 Å². The molecule has 0 radical (unpaired) electrons. The Hall–Kier alpha value is -1.85. The molecule has 20 heavy (non-hydrogen) atoms. The molecule has 0 saturated heterocycles. The Labute approximate surface area is 124 Å². The Kier molecular flexibility index (Phi) is 4.42. The van der Waals surface area contributed by atoms with Gasteiger partial charge < -0.3 is 10.1 Å². The highest BCUT2D eigenvalue weighted by Crippen LogP contribution is 2.26. The van der Waals surface area contributed by atoms with Gasteiger partial charge in [-0.15, -0.1) is 0 Å². The van der Waals surface area contributed by atoms with E-state index in [1.165, 1.54) is 31.5 Å². The third-order valence-corrected chi connectivity index (χ3v) is 2.99. The topological polar surface area (TPSA) is 51.2 Å². The fourth-order valence-electron chi connectivity index (χ4n) is 1.55. The summed E-state index contributed by atoms with van der Waals surface area (Å²) in [7, 11) is 1.38. The Bertz CT molecular complexity index is 665. The molecular formula is C13H9Cl2FN2O2. The van der Waals surface area contributed by atoms with Crippen LogP contribution < -0.4 is 10.1 Å². The van der Waals surface area contributed by atoms with Gasteiger partial charge in [-0.25, -0.2) is 9.37 Å². The van der Waals surface area contributed by atoms with Crippen molar-refractivity contribution >= 4 is 34.8 Å². The number of halogens is 3. The first-order valence-corrected chi connectivity index (χ1v) is 6.23. The van der Waals surface area contributed by atoms with Crippen LogP contribution in [0.15, 0.2) is 30.5 Å². The van der Waals surface area contributed by atoms with Crippen molar-refractivity contribution in [1.82, 2.24) is 4.98 Å². The van der Waals surface area contributed by atoms with E-state index in [9.17, 15) is 9.18 Å². The Morgan fingerprint density at radius 1 is 1.35 bits per heavy atom. The lowest BCUT2D eigenvalue weighted by atomic mass is 10.2. The number of aromatic nitrogens is 1. The molecule has 7 heteroatoms. The summed E-state index contributed by atoms with van der Waals surface area (Å²) >= 11 is 11.6. The largest absolute Gasteiger partial charge is 0.494 e. The second-order valence-electron chi connectivity index (χ2n) is 3.79. The summed E-state index contributed by atoms with van der Waals surface area (Å²) in [5.41, 5.74) is 0.487. The minimum atomic E-state index is -0.496. The number of ether oxygens (including phenoxy) is 1. The highest BCUT2D eigenvalue weighted by Gasteiger charge is 2.14. The number of nitrogens with one attached hydrogen (secondary N) is 1. The molecule has 1 heterocycles. The first-order chi connectivity index (χ1) is 9.51. The lowest BCUT2D eigenvalue weighted by molar-refractivity contribution is 0.102. The minimum Gasteiger partial charge on any atom is -0.494 e. The predicted octanol–water partition coefficient (Wildman–Crippen LogP) is 3.79. The van der Waals surface area contributed by atoms with Crippen LogP contribution in [0.1, 0.15) is 10.4 Å². The molecule has 0 aliphatic rings. The number of carbonyl (C=O) groups is 1. The third-order valence-electron chi connectivity index (χ3n) is 2.48. The quantitative estimate of drug-likeness (QED) is 0.877. The number of pyridine rings is 1. The van der Waals surface area contributed by atoms with Crippen LogP contribution in [0.5, 0.6) is 5.75 Å². The number of hydrogen-bond acceptors (Lipinski definition) is 3. The summed E-state index contributed by atoms with van der Waals surface area (Å²) in [5.74, 6) is -0.760. The van der Waals surface area contributed by atoms with Crippen molar-refractivity contribution in [3.05, 3.63) is 52.0 Å². The van der Waals surface area contributed by atoms with Crippen LogP contribution in [0, 0.1) is 5.82 Å². The van der Waals surface area contributed by atoms with Crippen LogP contribution in [0.3, 0.4) is 0 Å². The fourth-order valence-corrected chi connectivity index (χ4v) is 1.89. The number of amides is 1. The maximum absolute atomic E-state index is 13.1. The molecule has 0 atom stereocenters. The van der Waals surface area contributed by atoms with Crippen LogP contribution >= 0.6 is 23.2 Å². The lowest BCUT2D eigenvalue weighted by Gasteiger charge is -2.11. The van der Waals surface area contributed by atoms with Gasteiger partial charge >= 0.3 is 0 Å². The zero-order valence-corrected chi connectivity index (χ0v) is 11.8. The fraction of sp³-hybridized carbons (Fsp3) is 0.0769. The van der Waals surface area contributed by atoms with Crippen molar-refractivity contribution in [2.45, 2.75) is 0 Å². The van der Waals surface area contributed by atoms with Crippen molar-refractivity contribution in [3.8, 4) is 5.75 Å². The average molecular weight is 315 g/mol. The van der Waals surface area contributed by atoms with Gasteiger partial charge in [0.1, 0.15) is 16.7 Å². The van der Waals surface area contributed by atoms with E-state index in [0.717, 1.165) is 6.07 Å². The van der Waals surface area contributed by atoms with Crippen LogP contribution in [-0.4, -0.2) is 18.0 Å². The molecule has 1 N–H and O–H groups in total. The molecule has 2 rings (SSSR count). The second-order valence-corrected chi connectivity index (χ2v) is 4.58. The molecule has 0 saturated carbocycles. The Morgan fingerprint density at radius 2 is 2.10 bits per heavy atom. The molecule has 104 valence electrons. The zero-order chi connectivity index (χ0) is 14.7. The summed E-state index contributed by atoms with van der Waals surface area (Å²) in [5, 5.41) is 2.88. The van der Waals surface area contributed by atoms with E-state index >= 15 is 0 Å². The van der Waals surface area contributed by atoms with Crippen molar-refractivity contribution < 1.29 is 13.9 Å². The molecule has 1 aromatic heterocycles. The van der Waals surface area contributed by atoms with E-state index in [4.69, 9.17) is 27.9 Å². The van der Waals surface area contributed by atoms with Crippen LogP contribution in [-0.2, 0) is 0 Å². The van der Waals surface area contributed by atoms with E-state index in [0.29, 0.717) is 5.69 Å². The van der Waals surface area contributed by atoms with Gasteiger partial charge in [-0.3, -0.25) is 4.79 Å². The summed E-state index contributed by atoms with van der Waals surface area (Å²) in [6.45, 7) is 0. The summed E-state index contributed by atoms with van der Waals surface area (Å²) in [6, 6.07) is 5.11. The smallest absolute Gasteiger partial charge is 0.257 e. The number of benzene rings is 1. The van der Waals surface area contributed by atoms with E-state index in [1.807, 2.05) is 0 Å². The molecule has 0 unspecified atom stereocenters. The van der Waals surface area contributed by atoms with Crippen LogP contribution in [0.25, 0.3) is 0 Å². The minimum absolute atomic E-state index is 0.144. The molecule has 0 bridgehead atoms. The van der Waals surface area contributed by atoms with Crippen LogP contribution in [0.2, 0.25) is 10.2 Å². The molecule has 0 spiro atoms. The zero-order valence-electron chi connectivity index (χ0n) is 10.3. The molecule has 4 nitrogen and oxygen atoms in total. The van der Waals surface area contributed by atoms with Gasteiger partial charge in [0.15, 0.2) is 0 Å². The number of rotatable bonds is 3. The molecule has 2 aromatic rings. The molecule has 0 aliphatic carbocycles. The summed E-state index contributed by atoms with van der Waals surface area (Å²) in [4.78, 5) is 15.9. The molecular weight excluding hydrogens is 306 g/mol. The highest BCUT2D eigenvalue weighted by atomic mass is 35.5. The van der Waals surface area contributed by atoms with Gasteiger partial charge in [0.2, 0.25) is 0 Å². The monoisotopic (exact) mass is 314 g/mol. The number of hydrogen-bond donors (Lipinski definition) is 1. The maximum atomic E-state index is 13.1. The van der Waals surface area contributed by atoms with Gasteiger partial charge in [-0.1, -0.05) is 23.2 Å². The molecule has 1 amide bonds. The SMILES string of the molecule is COc1cc(F)ccc1NC(=O)c1cc(Cl)ncc1Cl. The van der Waals surface area contributed by atoms with E-state index in [1.54, 1.807) is 0 Å². The number of nitrogens with zero attached hydrogens (tertiary/aromatic N) is 1. The Morgan fingerprint density at radius 3 is 2.80 bits per heavy atom. The maximum Gasteiger partial charge on any atom is 0.257 e. The van der Waals surface area contributed by atoms with E-state index in [2.05, 4.69) is 10.3 Å². The standard InChI is InChI=1S/C13H9Cl2FN2O2/c1-20-11-4-7(16)2-3-10(11)18-13(19)8-5-12(15)17-6-9(8)14/h2-6H,1H3,(H,18,19). The second kappa shape index (κ2) is 6.07. The first-order valence-electron chi connectivity index (χ1n) is 5.47. The first kappa shape index (κ1) is 14.6. The molecule has 0 fully saturated rings. The van der Waals surface area contributed by atoms with Gasteiger partial charge in [-0.05, 0) is 18.2 Å².